The van der Waals surface area contributed by atoms with Crippen LogP contribution in [0.5, 0.6) is 0 Å². The molecule has 1 aromatic heterocycles. The molecule has 0 fully saturated rings. The molecule has 0 radical (unpaired) electrons. The third-order valence-corrected chi connectivity index (χ3v) is 5.21. The van der Waals surface area contributed by atoms with E-state index < -0.39 is 17.4 Å². The fourth-order valence-corrected chi connectivity index (χ4v) is 3.28. The molecule has 32 heavy (non-hydrogen) atoms. The van der Waals surface area contributed by atoms with Crippen molar-refractivity contribution in [1.29, 1.82) is 0 Å². The number of amides is 1. The maximum Gasteiger partial charge on any atom is 0.331 e. The van der Waals surface area contributed by atoms with Gasteiger partial charge in [-0.3, -0.25) is 9.98 Å². The molecule has 0 saturated heterocycles. The Morgan fingerprint density at radius 2 is 1.56 bits per heavy atom. The molecule has 3 rings (SSSR count). The standard InChI is InChI=1S/C25H25N3O3.Ni/c1-3-25(4-2,24(30)31)28-22(18-12-6-5-7-13-18)19-14-8-9-15-20(19)27-23(29)21-16-10-11-17-26-21;/h5-17H,3-4H2,1-2H3,(H2,27,28,29,30,31);/p-1. The number of carbonyl (C=O) groups is 2. The van der Waals surface area contributed by atoms with E-state index in [-0.39, 0.29) is 22.2 Å². The number of hydrogen-bond acceptors (Lipinski definition) is 4. The van der Waals surface area contributed by atoms with Gasteiger partial charge in [-0.1, -0.05) is 74.5 Å². The van der Waals surface area contributed by atoms with Crippen LogP contribution in [0.2, 0.25) is 0 Å². The molecule has 7 heteroatoms. The van der Waals surface area contributed by atoms with Crippen LogP contribution in [0.4, 0.5) is 5.69 Å². The van der Waals surface area contributed by atoms with Crippen LogP contribution < -0.4 is 0 Å². The van der Waals surface area contributed by atoms with Gasteiger partial charge in [0.05, 0.1) is 11.4 Å². The number of pyridine rings is 1. The molecule has 6 nitrogen and oxygen atoms in total. The second-order valence-electron chi connectivity index (χ2n) is 7.02. The molecule has 1 heterocycles. The molecular formula is C25H24N3NiO3-. The van der Waals surface area contributed by atoms with E-state index >= 15 is 0 Å². The fraction of sp³-hybridized carbons (Fsp3) is 0.200. The summed E-state index contributed by atoms with van der Waals surface area (Å²) in [5.74, 6) is -1.46. The molecule has 0 aliphatic carbocycles. The summed E-state index contributed by atoms with van der Waals surface area (Å²) in [6.07, 6.45) is 2.21. The van der Waals surface area contributed by atoms with Crippen molar-refractivity contribution in [2.75, 3.05) is 0 Å². The zero-order valence-corrected chi connectivity index (χ0v) is 18.8. The number of aliphatic carboxylic acids is 1. The maximum atomic E-state index is 12.7. The average Bonchev–Trinajstić information content (AvgIpc) is 2.82. The molecule has 0 atom stereocenters. The Hall–Kier alpha value is -3.31. The minimum atomic E-state index is -1.27. The van der Waals surface area contributed by atoms with Gasteiger partial charge in [0.15, 0.2) is 5.54 Å². The summed E-state index contributed by atoms with van der Waals surface area (Å²) in [5, 5.41) is 14.2. The Bertz CT molecular complexity index is 1080. The normalized spacial score (nSPS) is 11.4. The van der Waals surface area contributed by atoms with Crippen LogP contribution in [0.3, 0.4) is 0 Å². The molecule has 0 spiro atoms. The Balaban J connectivity index is 0.00000363. The number of para-hydroxylation sites is 1. The summed E-state index contributed by atoms with van der Waals surface area (Å²) in [6, 6.07) is 21.5. The molecule has 0 aliphatic heterocycles. The van der Waals surface area contributed by atoms with Gasteiger partial charge in [-0.15, -0.1) is 5.69 Å². The number of rotatable bonds is 8. The number of carbonyl (C=O) groups excluding carboxylic acids is 1. The van der Waals surface area contributed by atoms with Crippen molar-refractivity contribution in [3.63, 3.8) is 0 Å². The number of aromatic nitrogens is 1. The van der Waals surface area contributed by atoms with Gasteiger partial charge in [-0.25, -0.2) is 4.79 Å². The Morgan fingerprint density at radius 3 is 2.16 bits per heavy atom. The van der Waals surface area contributed by atoms with Gasteiger partial charge >= 0.3 is 5.97 Å². The van der Waals surface area contributed by atoms with E-state index in [2.05, 4.69) is 10.3 Å². The van der Waals surface area contributed by atoms with E-state index in [1.54, 1.807) is 36.4 Å². The number of benzene rings is 2. The van der Waals surface area contributed by atoms with Crippen molar-refractivity contribution in [3.8, 4) is 0 Å². The van der Waals surface area contributed by atoms with Crippen molar-refractivity contribution in [2.24, 2.45) is 4.99 Å². The van der Waals surface area contributed by atoms with Gasteiger partial charge in [0, 0.05) is 28.3 Å². The summed E-state index contributed by atoms with van der Waals surface area (Å²) < 4.78 is 0. The van der Waals surface area contributed by atoms with Crippen molar-refractivity contribution >= 4 is 23.3 Å². The number of carboxylic acid groups (broad SMARTS) is 1. The van der Waals surface area contributed by atoms with E-state index in [0.717, 1.165) is 5.56 Å². The van der Waals surface area contributed by atoms with E-state index in [4.69, 9.17) is 4.99 Å². The van der Waals surface area contributed by atoms with Crippen LogP contribution in [0, 0.1) is 0 Å². The molecule has 168 valence electrons. The number of nitrogens with zero attached hydrogens (tertiary/aromatic N) is 3. The number of hydrogen-bond donors (Lipinski definition) is 1. The molecular weight excluding hydrogens is 449 g/mol. The van der Waals surface area contributed by atoms with E-state index in [1.165, 1.54) is 6.20 Å². The first-order chi connectivity index (χ1) is 15.0. The Morgan fingerprint density at radius 1 is 0.938 bits per heavy atom. The van der Waals surface area contributed by atoms with Crippen molar-refractivity contribution in [1.82, 2.24) is 4.98 Å². The van der Waals surface area contributed by atoms with Gasteiger partial charge in [0.1, 0.15) is 5.91 Å². The van der Waals surface area contributed by atoms with Crippen LogP contribution in [-0.4, -0.2) is 33.2 Å². The Kier molecular flexibility index (Phi) is 8.85. The van der Waals surface area contributed by atoms with Gasteiger partial charge in [-0.2, -0.15) is 0 Å². The zero-order valence-electron chi connectivity index (χ0n) is 17.8. The molecule has 2 aromatic carbocycles. The minimum Gasteiger partial charge on any atom is -0.621 e. The van der Waals surface area contributed by atoms with E-state index in [1.807, 2.05) is 50.2 Å². The predicted octanol–water partition coefficient (Wildman–Crippen LogP) is 5.41. The largest absolute Gasteiger partial charge is 0.621 e. The first kappa shape index (κ1) is 25.0. The molecule has 3 aromatic rings. The predicted molar refractivity (Wildman–Crippen MR) is 121 cm³/mol. The zero-order chi connectivity index (χ0) is 22.3. The van der Waals surface area contributed by atoms with Gasteiger partial charge in [0.25, 0.3) is 0 Å². The van der Waals surface area contributed by atoms with E-state index in [0.29, 0.717) is 29.8 Å². The van der Waals surface area contributed by atoms with Crippen LogP contribution in [0.15, 0.2) is 84.0 Å². The molecule has 1 N–H and O–H groups in total. The Labute approximate surface area is 197 Å². The van der Waals surface area contributed by atoms with Crippen molar-refractivity contribution < 1.29 is 31.2 Å². The molecule has 1 amide bonds. The fourth-order valence-electron chi connectivity index (χ4n) is 3.28. The van der Waals surface area contributed by atoms with Crippen LogP contribution >= 0.6 is 0 Å². The van der Waals surface area contributed by atoms with Crippen LogP contribution in [0.25, 0.3) is 5.32 Å². The smallest absolute Gasteiger partial charge is 0.331 e. The van der Waals surface area contributed by atoms with Crippen LogP contribution in [-0.2, 0) is 21.3 Å². The summed E-state index contributed by atoms with van der Waals surface area (Å²) in [6.45, 7) is 3.62. The summed E-state index contributed by atoms with van der Waals surface area (Å²) in [7, 11) is 0. The van der Waals surface area contributed by atoms with Gasteiger partial charge < -0.3 is 15.2 Å². The second kappa shape index (κ2) is 11.4. The van der Waals surface area contributed by atoms with Gasteiger partial charge in [0.2, 0.25) is 0 Å². The van der Waals surface area contributed by atoms with Crippen molar-refractivity contribution in [3.05, 3.63) is 101 Å². The SMILES string of the molecule is CCC(CC)(N=C(c1ccccc1)c1ccccc1[N-]C(=O)c1ccccn1)C(=O)O.[Ni]. The second-order valence-corrected chi connectivity index (χ2v) is 7.02. The van der Waals surface area contributed by atoms with Crippen molar-refractivity contribution in [2.45, 2.75) is 32.2 Å². The maximum absolute atomic E-state index is 12.7. The first-order valence-electron chi connectivity index (χ1n) is 10.2. The third kappa shape index (κ3) is 5.48. The molecule has 0 unspecified atom stereocenters. The molecule has 0 bridgehead atoms. The monoisotopic (exact) mass is 472 g/mol. The van der Waals surface area contributed by atoms with E-state index in [9.17, 15) is 14.7 Å². The summed E-state index contributed by atoms with van der Waals surface area (Å²) in [5.41, 5.74) is 1.20. The first-order valence-corrected chi connectivity index (χ1v) is 10.2. The van der Waals surface area contributed by atoms with Crippen LogP contribution in [0.1, 0.15) is 48.3 Å². The number of aliphatic imine (C=N–C) groups is 1. The quantitative estimate of drug-likeness (QED) is 0.350. The minimum absolute atomic E-state index is 0. The topological polar surface area (TPSA) is 93.7 Å². The molecule has 0 aliphatic rings. The summed E-state index contributed by atoms with van der Waals surface area (Å²) in [4.78, 5) is 33.6. The number of carboxylic acids is 1. The van der Waals surface area contributed by atoms with Gasteiger partial charge in [-0.05, 0) is 30.5 Å². The molecule has 0 saturated carbocycles. The summed E-state index contributed by atoms with van der Waals surface area (Å²) >= 11 is 0. The third-order valence-electron chi connectivity index (χ3n) is 5.21. The average molecular weight is 473 g/mol.